The highest BCUT2D eigenvalue weighted by molar-refractivity contribution is 7.07. The number of nitrogens with one attached hydrogen (secondary N) is 1. The molecule has 5 nitrogen and oxygen atoms in total. The number of hydrogen-bond acceptors (Lipinski definition) is 4. The van der Waals surface area contributed by atoms with E-state index in [0.717, 1.165) is 44.7 Å². The number of nitrogens with zero attached hydrogens (tertiary/aromatic N) is 2. The van der Waals surface area contributed by atoms with Gasteiger partial charge in [0.05, 0.1) is 0 Å². The van der Waals surface area contributed by atoms with Crippen LogP contribution in [-0.2, 0) is 6.54 Å². The number of benzene rings is 1. The minimum atomic E-state index is 0.00880. The lowest BCUT2D eigenvalue weighted by Crippen LogP contribution is -2.45. The van der Waals surface area contributed by atoms with E-state index in [-0.39, 0.29) is 16.8 Å². The highest BCUT2D eigenvalue weighted by Gasteiger charge is 2.21. The first kappa shape index (κ1) is 16.9. The van der Waals surface area contributed by atoms with Crippen LogP contribution in [-0.4, -0.2) is 41.1 Å². The van der Waals surface area contributed by atoms with E-state index in [4.69, 9.17) is 0 Å². The van der Waals surface area contributed by atoms with Crippen LogP contribution in [0.2, 0.25) is 0 Å². The Labute approximate surface area is 145 Å². The predicted octanol–water partition coefficient (Wildman–Crippen LogP) is 2.11. The van der Waals surface area contributed by atoms with Crippen molar-refractivity contribution < 1.29 is 4.79 Å². The van der Waals surface area contributed by atoms with Gasteiger partial charge in [0.2, 0.25) is 0 Å². The fraction of sp³-hybridized carbons (Fsp3) is 0.444. The van der Waals surface area contributed by atoms with Gasteiger partial charge in [0.15, 0.2) is 0 Å². The second-order valence-electron chi connectivity index (χ2n) is 6.25. The third kappa shape index (κ3) is 4.13. The van der Waals surface area contributed by atoms with E-state index < -0.39 is 0 Å². The number of piperidine rings is 1. The van der Waals surface area contributed by atoms with Crippen molar-refractivity contribution in [3.8, 4) is 0 Å². The molecule has 128 valence electrons. The lowest BCUT2D eigenvalue weighted by Gasteiger charge is -2.32. The van der Waals surface area contributed by atoms with Crippen molar-refractivity contribution in [2.75, 3.05) is 19.6 Å². The molecule has 1 aromatic heterocycles. The smallest absolute Gasteiger partial charge is 0.307 e. The van der Waals surface area contributed by atoms with Crippen molar-refractivity contribution in [3.63, 3.8) is 0 Å². The summed E-state index contributed by atoms with van der Waals surface area (Å²) in [6.07, 6.45) is 1.91. The first-order valence-corrected chi connectivity index (χ1v) is 9.24. The average Bonchev–Trinajstić information content (AvgIpc) is 2.93. The van der Waals surface area contributed by atoms with E-state index in [1.807, 2.05) is 47.2 Å². The van der Waals surface area contributed by atoms with Crippen molar-refractivity contribution in [2.24, 2.45) is 0 Å². The summed E-state index contributed by atoms with van der Waals surface area (Å²) in [5, 5.41) is 5.03. The molecular formula is C18H23N3O2S. The van der Waals surface area contributed by atoms with Crippen LogP contribution in [0.25, 0.3) is 0 Å². The van der Waals surface area contributed by atoms with Crippen LogP contribution < -0.4 is 10.2 Å². The van der Waals surface area contributed by atoms with Gasteiger partial charge in [-0.1, -0.05) is 29.5 Å². The molecule has 6 heteroatoms. The Morgan fingerprint density at radius 3 is 2.54 bits per heavy atom. The summed E-state index contributed by atoms with van der Waals surface area (Å²) >= 11 is 1.26. The molecule has 1 fully saturated rings. The molecule has 0 saturated carbocycles. The SMILES string of the molecule is Cc1csc(=O)n1CCN1CCC(NC(=O)c2ccccc2)CC1. The van der Waals surface area contributed by atoms with Crippen molar-refractivity contribution in [3.05, 3.63) is 56.6 Å². The number of likely N-dealkylation sites (tertiary alicyclic amines) is 1. The molecule has 0 aliphatic carbocycles. The van der Waals surface area contributed by atoms with Gasteiger partial charge >= 0.3 is 4.87 Å². The minimum Gasteiger partial charge on any atom is -0.349 e. The maximum Gasteiger partial charge on any atom is 0.307 e. The van der Waals surface area contributed by atoms with Gasteiger partial charge in [-0.15, -0.1) is 0 Å². The highest BCUT2D eigenvalue weighted by atomic mass is 32.1. The summed E-state index contributed by atoms with van der Waals surface area (Å²) in [5.74, 6) is 0.00880. The summed E-state index contributed by atoms with van der Waals surface area (Å²) in [4.78, 5) is 26.4. The molecule has 1 amide bonds. The monoisotopic (exact) mass is 345 g/mol. The van der Waals surface area contributed by atoms with E-state index >= 15 is 0 Å². The third-order valence-corrected chi connectivity index (χ3v) is 5.46. The Balaban J connectivity index is 1.44. The topological polar surface area (TPSA) is 54.3 Å². The van der Waals surface area contributed by atoms with E-state index in [2.05, 4.69) is 10.2 Å². The Morgan fingerprint density at radius 2 is 1.92 bits per heavy atom. The molecule has 2 heterocycles. The van der Waals surface area contributed by atoms with E-state index in [1.54, 1.807) is 0 Å². The molecule has 0 radical (unpaired) electrons. The Bertz CT molecular complexity index is 730. The van der Waals surface area contributed by atoms with E-state index in [1.165, 1.54) is 11.3 Å². The number of aromatic nitrogens is 1. The summed E-state index contributed by atoms with van der Waals surface area (Å²) < 4.78 is 1.84. The normalized spacial score (nSPS) is 16.2. The van der Waals surface area contributed by atoms with Crippen molar-refractivity contribution in [1.29, 1.82) is 0 Å². The zero-order valence-corrected chi connectivity index (χ0v) is 14.7. The first-order valence-electron chi connectivity index (χ1n) is 8.36. The van der Waals surface area contributed by atoms with Crippen LogP contribution >= 0.6 is 11.3 Å². The number of hydrogen-bond donors (Lipinski definition) is 1. The zero-order chi connectivity index (χ0) is 16.9. The van der Waals surface area contributed by atoms with Gasteiger partial charge in [-0.2, -0.15) is 0 Å². The number of rotatable bonds is 5. The number of amides is 1. The first-order chi connectivity index (χ1) is 11.6. The molecule has 1 aliphatic heterocycles. The van der Waals surface area contributed by atoms with Crippen molar-refractivity contribution >= 4 is 17.2 Å². The maximum absolute atomic E-state index is 12.2. The van der Waals surface area contributed by atoms with Crippen LogP contribution in [0.1, 0.15) is 28.9 Å². The van der Waals surface area contributed by atoms with Gasteiger partial charge in [0, 0.05) is 48.9 Å². The molecular weight excluding hydrogens is 322 g/mol. The summed E-state index contributed by atoms with van der Waals surface area (Å²) in [6.45, 7) is 5.52. The van der Waals surface area contributed by atoms with Gasteiger partial charge in [0.1, 0.15) is 0 Å². The van der Waals surface area contributed by atoms with Crippen LogP contribution in [0.15, 0.2) is 40.5 Å². The predicted molar refractivity (Wildman–Crippen MR) is 96.7 cm³/mol. The second kappa shape index (κ2) is 7.77. The Hall–Kier alpha value is -1.92. The molecule has 2 aromatic rings. The lowest BCUT2D eigenvalue weighted by molar-refractivity contribution is 0.0910. The molecule has 24 heavy (non-hydrogen) atoms. The fourth-order valence-corrected chi connectivity index (χ4v) is 3.84. The zero-order valence-electron chi connectivity index (χ0n) is 13.9. The summed E-state index contributed by atoms with van der Waals surface area (Å²) in [6, 6.07) is 9.59. The van der Waals surface area contributed by atoms with E-state index in [0.29, 0.717) is 5.56 Å². The number of carbonyl (C=O) groups is 1. The molecule has 1 aromatic carbocycles. The number of aryl methyl sites for hydroxylation is 1. The fourth-order valence-electron chi connectivity index (χ4n) is 3.08. The third-order valence-electron chi connectivity index (χ3n) is 4.58. The molecule has 0 unspecified atom stereocenters. The van der Waals surface area contributed by atoms with E-state index in [9.17, 15) is 9.59 Å². The van der Waals surface area contributed by atoms with Crippen molar-refractivity contribution in [1.82, 2.24) is 14.8 Å². The van der Waals surface area contributed by atoms with Crippen molar-refractivity contribution in [2.45, 2.75) is 32.4 Å². The van der Waals surface area contributed by atoms with Gasteiger partial charge in [-0.3, -0.25) is 9.59 Å². The van der Waals surface area contributed by atoms with Crippen LogP contribution in [0.5, 0.6) is 0 Å². The second-order valence-corrected chi connectivity index (χ2v) is 7.07. The molecule has 1 saturated heterocycles. The number of thiazole rings is 1. The average molecular weight is 345 g/mol. The summed E-state index contributed by atoms with van der Waals surface area (Å²) in [7, 11) is 0. The van der Waals surface area contributed by atoms with Gasteiger partial charge < -0.3 is 14.8 Å². The molecule has 0 spiro atoms. The van der Waals surface area contributed by atoms with Crippen LogP contribution in [0.3, 0.4) is 0 Å². The standard InChI is InChI=1S/C18H23N3O2S/c1-14-13-24-18(23)21(14)12-11-20-9-7-16(8-10-20)19-17(22)15-5-3-2-4-6-15/h2-6,13,16H,7-12H2,1H3,(H,19,22). The van der Waals surface area contributed by atoms with Gasteiger partial charge in [-0.05, 0) is 31.9 Å². The summed E-state index contributed by atoms with van der Waals surface area (Å²) in [5.41, 5.74) is 1.75. The van der Waals surface area contributed by atoms with Gasteiger partial charge in [0.25, 0.3) is 5.91 Å². The molecule has 3 rings (SSSR count). The molecule has 0 bridgehead atoms. The maximum atomic E-state index is 12.2. The largest absolute Gasteiger partial charge is 0.349 e. The van der Waals surface area contributed by atoms with Crippen LogP contribution in [0, 0.1) is 6.92 Å². The minimum absolute atomic E-state index is 0.00880. The number of carbonyl (C=O) groups excluding carboxylic acids is 1. The molecule has 1 N–H and O–H groups in total. The molecule has 0 atom stereocenters. The Kier molecular flexibility index (Phi) is 5.48. The highest BCUT2D eigenvalue weighted by Crippen LogP contribution is 2.12. The lowest BCUT2D eigenvalue weighted by atomic mass is 10.0. The molecule has 1 aliphatic rings. The Morgan fingerprint density at radius 1 is 1.21 bits per heavy atom. The van der Waals surface area contributed by atoms with Gasteiger partial charge in [-0.25, -0.2) is 0 Å². The quantitative estimate of drug-likeness (QED) is 0.903. The van der Waals surface area contributed by atoms with Crippen LogP contribution in [0.4, 0.5) is 0 Å².